The molecule has 0 unspecified atom stereocenters. The first-order valence-corrected chi connectivity index (χ1v) is 5.98. The van der Waals surface area contributed by atoms with Gasteiger partial charge in [-0.2, -0.15) is 0 Å². The van der Waals surface area contributed by atoms with Crippen molar-refractivity contribution in [2.24, 2.45) is 0 Å². The number of hydrogen-bond acceptors (Lipinski definition) is 3. The molecule has 20 heavy (non-hydrogen) atoms. The van der Waals surface area contributed by atoms with Crippen molar-refractivity contribution in [3.05, 3.63) is 58.6 Å². The lowest BCUT2D eigenvalue weighted by atomic mass is 10.1. The molecular weight excluding hydrogens is 282 g/mol. The molecule has 0 bridgehead atoms. The number of amides is 1. The van der Waals surface area contributed by atoms with Crippen LogP contribution in [0.2, 0.25) is 5.02 Å². The van der Waals surface area contributed by atoms with E-state index in [1.54, 1.807) is 0 Å². The summed E-state index contributed by atoms with van der Waals surface area (Å²) >= 11 is 5.80. The van der Waals surface area contributed by atoms with Gasteiger partial charge in [0.25, 0.3) is 5.91 Å². The van der Waals surface area contributed by atoms with E-state index < -0.39 is 11.9 Å². The monoisotopic (exact) mass is 291 g/mol. The summed E-state index contributed by atoms with van der Waals surface area (Å²) in [5, 5.41) is 20.8. The number of aromatic hydroxyl groups is 1. The smallest absolute Gasteiger partial charge is 0.335 e. The molecule has 102 valence electrons. The van der Waals surface area contributed by atoms with E-state index in [0.717, 1.165) is 0 Å². The van der Waals surface area contributed by atoms with Crippen molar-refractivity contribution in [1.82, 2.24) is 0 Å². The highest BCUT2D eigenvalue weighted by atomic mass is 35.5. The summed E-state index contributed by atoms with van der Waals surface area (Å²) in [7, 11) is 0. The first kappa shape index (κ1) is 13.9. The SMILES string of the molecule is O=C(O)c1cc(Cl)cc(NC(=O)c2ccc(O)cc2)c1. The predicted octanol–water partition coefficient (Wildman–Crippen LogP) is 3.00. The minimum Gasteiger partial charge on any atom is -0.508 e. The summed E-state index contributed by atoms with van der Waals surface area (Å²) in [6, 6.07) is 9.73. The van der Waals surface area contributed by atoms with Crippen LogP contribution >= 0.6 is 11.6 Å². The second-order valence-electron chi connectivity index (χ2n) is 4.03. The van der Waals surface area contributed by atoms with E-state index in [4.69, 9.17) is 21.8 Å². The lowest BCUT2D eigenvalue weighted by Gasteiger charge is -2.07. The molecule has 0 spiro atoms. The van der Waals surface area contributed by atoms with Crippen molar-refractivity contribution in [2.75, 3.05) is 5.32 Å². The molecule has 0 fully saturated rings. The first-order valence-electron chi connectivity index (χ1n) is 5.60. The van der Waals surface area contributed by atoms with Gasteiger partial charge in [0.2, 0.25) is 0 Å². The zero-order chi connectivity index (χ0) is 14.7. The van der Waals surface area contributed by atoms with Gasteiger partial charge in [-0.05, 0) is 42.5 Å². The lowest BCUT2D eigenvalue weighted by Crippen LogP contribution is -2.12. The van der Waals surface area contributed by atoms with E-state index in [1.807, 2.05) is 0 Å². The number of phenolic OH excluding ortho intramolecular Hbond substituents is 1. The number of aromatic carboxylic acids is 1. The van der Waals surface area contributed by atoms with Crippen molar-refractivity contribution in [3.8, 4) is 5.75 Å². The Bertz CT molecular complexity index is 667. The Kier molecular flexibility index (Phi) is 3.91. The predicted molar refractivity (Wildman–Crippen MR) is 74.5 cm³/mol. The minimum atomic E-state index is -1.13. The van der Waals surface area contributed by atoms with Gasteiger partial charge in [0, 0.05) is 16.3 Å². The third-order valence-corrected chi connectivity index (χ3v) is 2.75. The van der Waals surface area contributed by atoms with Gasteiger partial charge in [-0.1, -0.05) is 11.6 Å². The second kappa shape index (κ2) is 5.63. The Hall–Kier alpha value is -2.53. The molecule has 3 N–H and O–H groups in total. The van der Waals surface area contributed by atoms with Crippen LogP contribution in [0.1, 0.15) is 20.7 Å². The normalized spacial score (nSPS) is 10.1. The Morgan fingerprint density at radius 2 is 1.65 bits per heavy atom. The first-order chi connectivity index (χ1) is 9.45. The Morgan fingerprint density at radius 3 is 2.25 bits per heavy atom. The molecule has 0 aliphatic rings. The van der Waals surface area contributed by atoms with E-state index in [2.05, 4.69) is 5.32 Å². The Labute approximate surface area is 119 Å². The molecule has 0 aromatic heterocycles. The molecule has 2 aromatic rings. The molecule has 2 rings (SSSR count). The molecule has 6 heteroatoms. The number of nitrogens with one attached hydrogen (secondary N) is 1. The number of carboxylic acid groups (broad SMARTS) is 1. The fourth-order valence-corrected chi connectivity index (χ4v) is 1.84. The van der Waals surface area contributed by atoms with Crippen LogP contribution in [0, 0.1) is 0 Å². The van der Waals surface area contributed by atoms with E-state index in [9.17, 15) is 9.59 Å². The zero-order valence-electron chi connectivity index (χ0n) is 10.1. The zero-order valence-corrected chi connectivity index (χ0v) is 10.9. The van der Waals surface area contributed by atoms with Crippen LogP contribution in [-0.4, -0.2) is 22.1 Å². The van der Waals surface area contributed by atoms with Crippen LogP contribution in [0.4, 0.5) is 5.69 Å². The number of benzene rings is 2. The number of hydrogen-bond donors (Lipinski definition) is 3. The molecule has 5 nitrogen and oxygen atoms in total. The van der Waals surface area contributed by atoms with E-state index >= 15 is 0 Å². The Balaban J connectivity index is 2.23. The number of phenols is 1. The number of halogens is 1. The van der Waals surface area contributed by atoms with Crippen LogP contribution in [-0.2, 0) is 0 Å². The van der Waals surface area contributed by atoms with Crippen LogP contribution in [0.15, 0.2) is 42.5 Å². The summed E-state index contributed by atoms with van der Waals surface area (Å²) in [6.45, 7) is 0. The highest BCUT2D eigenvalue weighted by molar-refractivity contribution is 6.31. The third kappa shape index (κ3) is 3.27. The molecule has 0 saturated heterocycles. The van der Waals surface area contributed by atoms with Crippen molar-refractivity contribution >= 4 is 29.2 Å². The average molecular weight is 292 g/mol. The van der Waals surface area contributed by atoms with Gasteiger partial charge in [0.1, 0.15) is 5.75 Å². The molecule has 0 saturated carbocycles. The van der Waals surface area contributed by atoms with Gasteiger partial charge in [0.15, 0.2) is 0 Å². The largest absolute Gasteiger partial charge is 0.508 e. The van der Waals surface area contributed by atoms with Crippen LogP contribution in [0.3, 0.4) is 0 Å². The highest BCUT2D eigenvalue weighted by Gasteiger charge is 2.10. The van der Waals surface area contributed by atoms with E-state index in [-0.39, 0.29) is 22.0 Å². The molecule has 0 atom stereocenters. The van der Waals surface area contributed by atoms with E-state index in [0.29, 0.717) is 5.56 Å². The Morgan fingerprint density at radius 1 is 1.00 bits per heavy atom. The lowest BCUT2D eigenvalue weighted by molar-refractivity contribution is 0.0696. The van der Waals surface area contributed by atoms with Crippen molar-refractivity contribution in [3.63, 3.8) is 0 Å². The number of carbonyl (C=O) groups is 2. The maximum atomic E-state index is 11.9. The standard InChI is InChI=1S/C14H10ClNO4/c15-10-5-9(14(19)20)6-11(7-10)16-13(18)8-1-3-12(17)4-2-8/h1-7,17H,(H,16,18)(H,19,20). The highest BCUT2D eigenvalue weighted by Crippen LogP contribution is 2.20. The summed E-state index contributed by atoms with van der Waals surface area (Å²) in [5.74, 6) is -1.51. The maximum Gasteiger partial charge on any atom is 0.335 e. The summed E-state index contributed by atoms with van der Waals surface area (Å²) in [6.07, 6.45) is 0. The van der Waals surface area contributed by atoms with Crippen molar-refractivity contribution in [1.29, 1.82) is 0 Å². The van der Waals surface area contributed by atoms with Crippen LogP contribution < -0.4 is 5.32 Å². The van der Waals surface area contributed by atoms with Crippen LogP contribution in [0.25, 0.3) is 0 Å². The van der Waals surface area contributed by atoms with Gasteiger partial charge in [-0.25, -0.2) is 4.79 Å². The third-order valence-electron chi connectivity index (χ3n) is 2.53. The molecule has 2 aromatic carbocycles. The van der Waals surface area contributed by atoms with Gasteiger partial charge in [-0.3, -0.25) is 4.79 Å². The molecule has 0 aliphatic heterocycles. The van der Waals surface area contributed by atoms with Crippen molar-refractivity contribution < 1.29 is 19.8 Å². The fraction of sp³-hybridized carbons (Fsp3) is 0. The molecule has 0 heterocycles. The molecular formula is C14H10ClNO4. The van der Waals surface area contributed by atoms with Crippen molar-refractivity contribution in [2.45, 2.75) is 0 Å². The van der Waals surface area contributed by atoms with Gasteiger partial charge < -0.3 is 15.5 Å². The maximum absolute atomic E-state index is 11.9. The average Bonchev–Trinajstić information content (AvgIpc) is 2.38. The second-order valence-corrected chi connectivity index (χ2v) is 4.47. The summed E-state index contributed by atoms with van der Waals surface area (Å²) < 4.78 is 0. The van der Waals surface area contributed by atoms with E-state index in [1.165, 1.54) is 42.5 Å². The summed E-state index contributed by atoms with van der Waals surface area (Å²) in [5.41, 5.74) is 0.603. The van der Waals surface area contributed by atoms with Gasteiger partial charge in [0.05, 0.1) is 5.56 Å². The molecule has 0 aliphatic carbocycles. The minimum absolute atomic E-state index is 0.0153. The quantitative estimate of drug-likeness (QED) is 0.811. The fourth-order valence-electron chi connectivity index (χ4n) is 1.60. The molecule has 0 radical (unpaired) electrons. The number of rotatable bonds is 3. The van der Waals surface area contributed by atoms with Gasteiger partial charge >= 0.3 is 5.97 Å². The summed E-state index contributed by atoms with van der Waals surface area (Å²) in [4.78, 5) is 22.8. The topological polar surface area (TPSA) is 86.6 Å². The van der Waals surface area contributed by atoms with Gasteiger partial charge in [-0.15, -0.1) is 0 Å². The molecule has 1 amide bonds. The number of carboxylic acids is 1. The van der Waals surface area contributed by atoms with Crippen LogP contribution in [0.5, 0.6) is 5.75 Å². The number of anilines is 1. The number of carbonyl (C=O) groups excluding carboxylic acids is 1.